The van der Waals surface area contributed by atoms with Crippen LogP contribution in [0.5, 0.6) is 0 Å². The zero-order chi connectivity index (χ0) is 18.6. The van der Waals surface area contributed by atoms with E-state index in [1.165, 1.54) is 17.6 Å². The van der Waals surface area contributed by atoms with E-state index in [4.69, 9.17) is 5.11 Å². The van der Waals surface area contributed by atoms with Gasteiger partial charge in [0.05, 0.1) is 10.7 Å². The van der Waals surface area contributed by atoms with Crippen LogP contribution >= 0.6 is 11.3 Å². The SMILES string of the molecule is CC.CC(=O)NC(C(=O)O)C(C)C.CCc1csc(C(C)C)n1. The minimum absolute atomic E-state index is 0.0867. The molecule has 0 bridgehead atoms. The van der Waals surface area contributed by atoms with E-state index in [9.17, 15) is 9.59 Å². The molecule has 0 spiro atoms. The number of aliphatic carboxylic acids is 1. The predicted octanol–water partition coefficient (Wildman–Crippen LogP) is 4.09. The Morgan fingerprint density at radius 3 is 1.96 bits per heavy atom. The topological polar surface area (TPSA) is 79.3 Å². The molecule has 0 aromatic carbocycles. The Morgan fingerprint density at radius 2 is 1.78 bits per heavy atom. The average Bonchev–Trinajstić information content (AvgIpc) is 2.96. The summed E-state index contributed by atoms with van der Waals surface area (Å²) >= 11 is 1.77. The molecule has 0 aliphatic rings. The van der Waals surface area contributed by atoms with Crippen LogP contribution in [-0.2, 0) is 16.0 Å². The molecule has 0 saturated heterocycles. The van der Waals surface area contributed by atoms with Crippen molar-refractivity contribution in [2.24, 2.45) is 5.92 Å². The van der Waals surface area contributed by atoms with E-state index in [1.807, 2.05) is 13.8 Å². The number of amides is 1. The van der Waals surface area contributed by atoms with Crippen molar-refractivity contribution in [2.75, 3.05) is 0 Å². The first-order chi connectivity index (χ1) is 10.7. The minimum Gasteiger partial charge on any atom is -0.480 e. The molecule has 0 saturated carbocycles. The Labute approximate surface area is 144 Å². The third kappa shape index (κ3) is 10.8. The molecule has 134 valence electrons. The Bertz CT molecular complexity index is 456. The van der Waals surface area contributed by atoms with Gasteiger partial charge in [0, 0.05) is 18.2 Å². The molecular formula is C17H32N2O3S. The second-order valence-corrected chi connectivity index (χ2v) is 6.34. The number of rotatable bonds is 5. The summed E-state index contributed by atoms with van der Waals surface area (Å²) in [6.45, 7) is 15.3. The number of carbonyl (C=O) groups excluding carboxylic acids is 1. The zero-order valence-electron chi connectivity index (χ0n) is 15.6. The molecule has 1 aromatic heterocycles. The van der Waals surface area contributed by atoms with Crippen molar-refractivity contribution in [1.29, 1.82) is 0 Å². The van der Waals surface area contributed by atoms with Crippen molar-refractivity contribution in [2.45, 2.75) is 73.8 Å². The van der Waals surface area contributed by atoms with Crippen LogP contribution in [0.3, 0.4) is 0 Å². The number of aromatic nitrogens is 1. The highest BCUT2D eigenvalue weighted by atomic mass is 32.1. The van der Waals surface area contributed by atoms with E-state index in [0.29, 0.717) is 5.92 Å². The van der Waals surface area contributed by atoms with Gasteiger partial charge in [-0.25, -0.2) is 9.78 Å². The van der Waals surface area contributed by atoms with Crippen LogP contribution in [0, 0.1) is 5.92 Å². The van der Waals surface area contributed by atoms with Crippen LogP contribution in [0.15, 0.2) is 5.38 Å². The molecule has 0 fully saturated rings. The largest absolute Gasteiger partial charge is 0.480 e. The van der Waals surface area contributed by atoms with Crippen LogP contribution in [0.1, 0.15) is 72.0 Å². The van der Waals surface area contributed by atoms with Gasteiger partial charge in [-0.3, -0.25) is 4.79 Å². The monoisotopic (exact) mass is 344 g/mol. The van der Waals surface area contributed by atoms with Crippen molar-refractivity contribution in [3.05, 3.63) is 16.1 Å². The van der Waals surface area contributed by atoms with Crippen LogP contribution in [0.4, 0.5) is 0 Å². The molecule has 0 radical (unpaired) electrons. The van der Waals surface area contributed by atoms with E-state index in [1.54, 1.807) is 25.2 Å². The normalized spacial score (nSPS) is 11.0. The molecule has 1 rings (SSSR count). The van der Waals surface area contributed by atoms with E-state index in [-0.39, 0.29) is 11.8 Å². The first kappa shape index (κ1) is 23.8. The van der Waals surface area contributed by atoms with Gasteiger partial charge in [0.15, 0.2) is 0 Å². The van der Waals surface area contributed by atoms with Gasteiger partial charge >= 0.3 is 5.97 Å². The predicted molar refractivity (Wildman–Crippen MR) is 97.0 cm³/mol. The lowest BCUT2D eigenvalue weighted by molar-refractivity contribution is -0.142. The van der Waals surface area contributed by atoms with E-state index in [0.717, 1.165) is 6.42 Å². The number of thiazole rings is 1. The molecular weight excluding hydrogens is 312 g/mol. The van der Waals surface area contributed by atoms with Gasteiger partial charge < -0.3 is 10.4 Å². The molecule has 2 N–H and O–H groups in total. The number of carboxylic acid groups (broad SMARTS) is 1. The molecule has 0 aliphatic heterocycles. The first-order valence-corrected chi connectivity index (χ1v) is 9.01. The third-order valence-electron chi connectivity index (χ3n) is 2.72. The minimum atomic E-state index is -0.991. The summed E-state index contributed by atoms with van der Waals surface area (Å²) in [5.41, 5.74) is 1.23. The molecule has 1 unspecified atom stereocenters. The smallest absolute Gasteiger partial charge is 0.326 e. The maximum atomic E-state index is 10.5. The molecule has 6 heteroatoms. The second kappa shape index (κ2) is 13.0. The fourth-order valence-corrected chi connectivity index (χ4v) is 2.40. The Balaban J connectivity index is 0. The third-order valence-corrected chi connectivity index (χ3v) is 3.91. The lowest BCUT2D eigenvalue weighted by atomic mass is 10.1. The quantitative estimate of drug-likeness (QED) is 0.843. The number of hydrogen-bond donors (Lipinski definition) is 2. The van der Waals surface area contributed by atoms with Gasteiger partial charge in [-0.05, 0) is 12.3 Å². The molecule has 5 nitrogen and oxygen atoms in total. The van der Waals surface area contributed by atoms with Gasteiger partial charge in [0.2, 0.25) is 5.91 Å². The highest BCUT2D eigenvalue weighted by molar-refractivity contribution is 7.09. The van der Waals surface area contributed by atoms with Gasteiger partial charge in [0.1, 0.15) is 6.04 Å². The standard InChI is InChI=1S/C8H13NS.C7H13NO3.C2H6/c1-4-7-5-10-8(9-7)6(2)3;1-4(2)6(7(10)11)8-5(3)9;1-2/h5-6H,4H2,1-3H3;4,6H,1-3H3,(H,8,9)(H,10,11);1-2H3. The molecule has 1 aromatic rings. The van der Waals surface area contributed by atoms with Gasteiger partial charge in [0.25, 0.3) is 0 Å². The zero-order valence-corrected chi connectivity index (χ0v) is 16.5. The summed E-state index contributed by atoms with van der Waals surface area (Å²) in [5, 5.41) is 14.3. The van der Waals surface area contributed by atoms with Crippen LogP contribution in [0.25, 0.3) is 0 Å². The van der Waals surface area contributed by atoms with E-state index in [2.05, 4.69) is 36.5 Å². The van der Waals surface area contributed by atoms with Crippen molar-refractivity contribution >= 4 is 23.2 Å². The maximum absolute atomic E-state index is 10.5. The molecule has 0 aliphatic carbocycles. The van der Waals surface area contributed by atoms with Gasteiger partial charge in [-0.15, -0.1) is 11.3 Å². The summed E-state index contributed by atoms with van der Waals surface area (Å²) in [7, 11) is 0. The summed E-state index contributed by atoms with van der Waals surface area (Å²) in [5.74, 6) is -0.803. The fraction of sp³-hybridized carbons (Fsp3) is 0.706. The Morgan fingerprint density at radius 1 is 1.26 bits per heavy atom. The van der Waals surface area contributed by atoms with Crippen molar-refractivity contribution in [3.8, 4) is 0 Å². The summed E-state index contributed by atoms with van der Waals surface area (Å²) in [6, 6.07) is -0.771. The fourth-order valence-electron chi connectivity index (χ4n) is 1.48. The lowest BCUT2D eigenvalue weighted by Crippen LogP contribution is -2.43. The Kier molecular flexibility index (Phi) is 13.5. The molecule has 23 heavy (non-hydrogen) atoms. The highest BCUT2D eigenvalue weighted by Crippen LogP contribution is 2.18. The van der Waals surface area contributed by atoms with Crippen molar-refractivity contribution in [3.63, 3.8) is 0 Å². The van der Waals surface area contributed by atoms with Crippen molar-refractivity contribution < 1.29 is 14.7 Å². The van der Waals surface area contributed by atoms with Crippen LogP contribution < -0.4 is 5.32 Å². The van der Waals surface area contributed by atoms with Crippen LogP contribution in [-0.4, -0.2) is 28.0 Å². The number of aryl methyl sites for hydroxylation is 1. The molecule has 1 heterocycles. The summed E-state index contributed by atoms with van der Waals surface area (Å²) < 4.78 is 0. The maximum Gasteiger partial charge on any atom is 0.326 e. The van der Waals surface area contributed by atoms with Crippen molar-refractivity contribution in [1.82, 2.24) is 10.3 Å². The van der Waals surface area contributed by atoms with Gasteiger partial charge in [-0.2, -0.15) is 0 Å². The van der Waals surface area contributed by atoms with E-state index >= 15 is 0 Å². The number of carbonyl (C=O) groups is 2. The number of carboxylic acids is 1. The number of hydrogen-bond acceptors (Lipinski definition) is 4. The van der Waals surface area contributed by atoms with Crippen LogP contribution in [0.2, 0.25) is 0 Å². The summed E-state index contributed by atoms with van der Waals surface area (Å²) in [6.07, 6.45) is 1.06. The van der Waals surface area contributed by atoms with Gasteiger partial charge in [-0.1, -0.05) is 48.5 Å². The number of nitrogens with one attached hydrogen (secondary N) is 1. The molecule has 1 atom stereocenters. The number of nitrogens with zero attached hydrogens (tertiary/aromatic N) is 1. The summed E-state index contributed by atoms with van der Waals surface area (Å²) in [4.78, 5) is 25.4. The Hall–Kier alpha value is -1.43. The average molecular weight is 345 g/mol. The van der Waals surface area contributed by atoms with E-state index < -0.39 is 12.0 Å². The highest BCUT2D eigenvalue weighted by Gasteiger charge is 2.21. The second-order valence-electron chi connectivity index (χ2n) is 5.45. The lowest BCUT2D eigenvalue weighted by Gasteiger charge is -2.16. The molecule has 1 amide bonds. The first-order valence-electron chi connectivity index (χ1n) is 8.13.